The number of pyridine rings is 1. The number of hydrogen-bond donors (Lipinski definition) is 0. The van der Waals surface area contributed by atoms with Gasteiger partial charge in [-0.2, -0.15) is 0 Å². The van der Waals surface area contributed by atoms with Crippen molar-refractivity contribution >= 4 is 32.6 Å². The molecule has 0 fully saturated rings. The van der Waals surface area contributed by atoms with Crippen molar-refractivity contribution in [3.63, 3.8) is 0 Å². The van der Waals surface area contributed by atoms with Crippen molar-refractivity contribution in [1.29, 1.82) is 0 Å². The van der Waals surface area contributed by atoms with Crippen LogP contribution in [0.3, 0.4) is 0 Å². The van der Waals surface area contributed by atoms with Gasteiger partial charge in [-0.15, -0.1) is 0 Å². The Morgan fingerprint density at radius 3 is 2.87 bits per heavy atom. The number of hydrogen-bond acceptors (Lipinski definition) is 7. The molecule has 3 heterocycles. The van der Waals surface area contributed by atoms with Crippen LogP contribution in [0, 0.1) is 0 Å². The SMILES string of the molecule is COc1ccc2sc(N(Cc3ccccn3)C(=O)Cc3ccc4c(c3)OCO4)nc2c1. The van der Waals surface area contributed by atoms with E-state index in [1.165, 1.54) is 11.3 Å². The van der Waals surface area contributed by atoms with E-state index in [1.807, 2.05) is 54.6 Å². The summed E-state index contributed by atoms with van der Waals surface area (Å²) in [6, 6.07) is 16.9. The van der Waals surface area contributed by atoms with Crippen molar-refractivity contribution in [3.8, 4) is 17.2 Å². The highest BCUT2D eigenvalue weighted by atomic mass is 32.1. The number of ether oxygens (including phenoxy) is 3. The lowest BCUT2D eigenvalue weighted by Crippen LogP contribution is -2.32. The molecule has 0 atom stereocenters. The molecule has 0 N–H and O–H groups in total. The van der Waals surface area contributed by atoms with E-state index in [9.17, 15) is 4.79 Å². The Balaban J connectivity index is 1.47. The number of carbonyl (C=O) groups excluding carboxylic acids is 1. The average Bonchev–Trinajstić information content (AvgIpc) is 3.43. The molecule has 2 aromatic carbocycles. The number of aromatic nitrogens is 2. The van der Waals surface area contributed by atoms with Gasteiger partial charge in [0.15, 0.2) is 16.6 Å². The topological polar surface area (TPSA) is 73.8 Å². The van der Waals surface area contributed by atoms with Crippen LogP contribution >= 0.6 is 11.3 Å². The predicted molar refractivity (Wildman–Crippen MR) is 118 cm³/mol. The summed E-state index contributed by atoms with van der Waals surface area (Å²) in [6.45, 7) is 0.537. The van der Waals surface area contributed by atoms with Crippen molar-refractivity contribution in [1.82, 2.24) is 9.97 Å². The maximum absolute atomic E-state index is 13.4. The minimum absolute atomic E-state index is 0.0736. The fourth-order valence-electron chi connectivity index (χ4n) is 3.37. The van der Waals surface area contributed by atoms with Gasteiger partial charge in [0.2, 0.25) is 12.7 Å². The molecule has 0 spiro atoms. The Labute approximate surface area is 182 Å². The van der Waals surface area contributed by atoms with E-state index < -0.39 is 0 Å². The van der Waals surface area contributed by atoms with Crippen molar-refractivity contribution in [2.45, 2.75) is 13.0 Å². The fourth-order valence-corrected chi connectivity index (χ4v) is 4.34. The number of benzene rings is 2. The van der Waals surface area contributed by atoms with E-state index in [1.54, 1.807) is 18.2 Å². The third kappa shape index (κ3) is 4.02. The molecule has 0 radical (unpaired) electrons. The minimum atomic E-state index is -0.0736. The Morgan fingerprint density at radius 2 is 2.03 bits per heavy atom. The molecule has 5 rings (SSSR count). The molecule has 4 aromatic rings. The van der Waals surface area contributed by atoms with Crippen LogP contribution in [0.15, 0.2) is 60.8 Å². The second-order valence-corrected chi connectivity index (χ2v) is 8.00. The Kier molecular flexibility index (Phi) is 5.13. The molecule has 31 heavy (non-hydrogen) atoms. The van der Waals surface area contributed by atoms with E-state index in [2.05, 4.69) is 4.98 Å². The summed E-state index contributed by atoms with van der Waals surface area (Å²) in [5.74, 6) is 2.01. The third-order valence-corrected chi connectivity index (χ3v) is 6.01. The summed E-state index contributed by atoms with van der Waals surface area (Å²) >= 11 is 1.47. The van der Waals surface area contributed by atoms with Crippen molar-refractivity contribution in [2.24, 2.45) is 0 Å². The standard InChI is InChI=1S/C23H19N3O4S/c1-28-17-6-8-21-18(12-17)25-23(31-21)26(13-16-4-2-3-9-24-16)22(27)11-15-5-7-19-20(10-15)30-14-29-19/h2-10,12H,11,13-14H2,1H3. The minimum Gasteiger partial charge on any atom is -0.497 e. The van der Waals surface area contributed by atoms with Crippen molar-refractivity contribution in [2.75, 3.05) is 18.8 Å². The molecular weight excluding hydrogens is 414 g/mol. The van der Waals surface area contributed by atoms with Gasteiger partial charge in [0.05, 0.1) is 36.0 Å². The molecule has 0 saturated heterocycles. The number of anilines is 1. The van der Waals surface area contributed by atoms with Crippen LogP contribution in [0.4, 0.5) is 5.13 Å². The number of amides is 1. The van der Waals surface area contributed by atoms with E-state index in [-0.39, 0.29) is 19.1 Å². The first-order valence-corrected chi connectivity index (χ1v) is 10.5. The molecule has 1 amide bonds. The van der Waals surface area contributed by atoms with Crippen molar-refractivity contribution < 1.29 is 19.0 Å². The van der Waals surface area contributed by atoms with Crippen LogP contribution in [0.5, 0.6) is 17.2 Å². The lowest BCUT2D eigenvalue weighted by Gasteiger charge is -2.19. The predicted octanol–water partition coefficient (Wildman–Crippen LogP) is 4.20. The van der Waals surface area contributed by atoms with Gasteiger partial charge in [0.25, 0.3) is 0 Å². The van der Waals surface area contributed by atoms with Gasteiger partial charge >= 0.3 is 0 Å². The molecule has 0 bridgehead atoms. The summed E-state index contributed by atoms with van der Waals surface area (Å²) in [6.07, 6.45) is 1.93. The van der Waals surface area contributed by atoms with E-state index >= 15 is 0 Å². The zero-order valence-corrected chi connectivity index (χ0v) is 17.6. The number of rotatable bonds is 6. The highest BCUT2D eigenvalue weighted by Gasteiger charge is 2.22. The highest BCUT2D eigenvalue weighted by Crippen LogP contribution is 2.34. The zero-order chi connectivity index (χ0) is 21.2. The van der Waals surface area contributed by atoms with Gasteiger partial charge < -0.3 is 14.2 Å². The quantitative estimate of drug-likeness (QED) is 0.454. The lowest BCUT2D eigenvalue weighted by molar-refractivity contribution is -0.118. The number of nitrogens with zero attached hydrogens (tertiary/aromatic N) is 3. The average molecular weight is 433 g/mol. The van der Waals surface area contributed by atoms with Gasteiger partial charge in [0.1, 0.15) is 5.75 Å². The fraction of sp³-hybridized carbons (Fsp3) is 0.174. The number of carbonyl (C=O) groups is 1. The lowest BCUT2D eigenvalue weighted by atomic mass is 10.1. The molecule has 2 aromatic heterocycles. The maximum Gasteiger partial charge on any atom is 0.233 e. The normalized spacial score (nSPS) is 12.2. The molecule has 1 aliphatic rings. The van der Waals surface area contributed by atoms with Crippen LogP contribution in [-0.2, 0) is 17.8 Å². The molecule has 0 unspecified atom stereocenters. The highest BCUT2D eigenvalue weighted by molar-refractivity contribution is 7.22. The largest absolute Gasteiger partial charge is 0.497 e. The third-order valence-electron chi connectivity index (χ3n) is 4.95. The summed E-state index contributed by atoms with van der Waals surface area (Å²) in [7, 11) is 1.62. The van der Waals surface area contributed by atoms with Crippen LogP contribution in [0.1, 0.15) is 11.3 Å². The van der Waals surface area contributed by atoms with Gasteiger partial charge in [-0.25, -0.2) is 4.98 Å². The molecule has 8 heteroatoms. The van der Waals surface area contributed by atoms with E-state index in [4.69, 9.17) is 19.2 Å². The Morgan fingerprint density at radius 1 is 1.13 bits per heavy atom. The summed E-state index contributed by atoms with van der Waals surface area (Å²) < 4.78 is 17.1. The molecule has 156 valence electrons. The van der Waals surface area contributed by atoms with E-state index in [0.29, 0.717) is 23.2 Å². The van der Waals surface area contributed by atoms with Gasteiger partial charge in [-0.3, -0.25) is 14.7 Å². The van der Waals surface area contributed by atoms with E-state index in [0.717, 1.165) is 27.2 Å². The maximum atomic E-state index is 13.4. The number of fused-ring (bicyclic) bond motifs is 2. The first-order chi connectivity index (χ1) is 15.2. The van der Waals surface area contributed by atoms with Gasteiger partial charge in [-0.05, 0) is 42.0 Å². The molecule has 0 saturated carbocycles. The number of thiazole rings is 1. The zero-order valence-electron chi connectivity index (χ0n) is 16.8. The monoisotopic (exact) mass is 433 g/mol. The molecular formula is C23H19N3O4S. The van der Waals surface area contributed by atoms with Crippen molar-refractivity contribution in [3.05, 3.63) is 72.1 Å². The molecule has 0 aliphatic carbocycles. The van der Waals surface area contributed by atoms with Crippen LogP contribution in [0.2, 0.25) is 0 Å². The molecule has 1 aliphatic heterocycles. The van der Waals surface area contributed by atoms with Gasteiger partial charge in [0, 0.05) is 12.3 Å². The first-order valence-electron chi connectivity index (χ1n) is 9.73. The second-order valence-electron chi connectivity index (χ2n) is 7.00. The van der Waals surface area contributed by atoms with Crippen LogP contribution in [0.25, 0.3) is 10.2 Å². The number of methoxy groups -OCH3 is 1. The summed E-state index contributed by atoms with van der Waals surface area (Å²) in [5.41, 5.74) is 2.43. The van der Waals surface area contributed by atoms with Gasteiger partial charge in [-0.1, -0.05) is 23.5 Å². The summed E-state index contributed by atoms with van der Waals surface area (Å²) in [5, 5.41) is 0.625. The first kappa shape index (κ1) is 19.3. The van der Waals surface area contributed by atoms with Crippen LogP contribution in [-0.4, -0.2) is 29.8 Å². The van der Waals surface area contributed by atoms with Crippen LogP contribution < -0.4 is 19.1 Å². The second kappa shape index (κ2) is 8.23. The Bertz CT molecular complexity index is 1240. The summed E-state index contributed by atoms with van der Waals surface area (Å²) in [4.78, 5) is 24.2. The smallest absolute Gasteiger partial charge is 0.233 e. The Hall–Kier alpha value is -3.65. The molecule has 7 nitrogen and oxygen atoms in total.